The molecule has 5 rings (SSSR count). The second-order valence-electron chi connectivity index (χ2n) is 10.6. The molecule has 266 valence electrons. The van der Waals surface area contributed by atoms with Gasteiger partial charge in [0.2, 0.25) is 0 Å². The molecule has 12 nitrogen and oxygen atoms in total. The average molecular weight is 759 g/mol. The lowest BCUT2D eigenvalue weighted by Gasteiger charge is -2.42. The average Bonchev–Trinajstić information content (AvgIpc) is 3.14. The number of esters is 4. The quantitative estimate of drug-likeness (QED) is 0.132. The smallest absolute Gasteiger partial charge is 0.338 e. The monoisotopic (exact) mass is 757 g/mol. The minimum atomic E-state index is -1.94. The fourth-order valence-electron chi connectivity index (χ4n) is 4.54. The third kappa shape index (κ3) is 11.3. The summed E-state index contributed by atoms with van der Waals surface area (Å²) in [6.45, 7) is -0.504. The number of amides is 1. The summed E-state index contributed by atoms with van der Waals surface area (Å²) in [5.41, 5.74) is 5.27. The van der Waals surface area contributed by atoms with Gasteiger partial charge in [-0.2, -0.15) is 0 Å². The van der Waals surface area contributed by atoms with E-state index in [2.05, 4.69) is 5.73 Å². The molecule has 0 aromatic heterocycles. The zero-order valence-corrected chi connectivity index (χ0v) is 28.6. The fourth-order valence-corrected chi connectivity index (χ4v) is 4.54. The molecule has 0 spiro atoms. The summed E-state index contributed by atoms with van der Waals surface area (Å²) in [6, 6.07) is 32.1. The van der Waals surface area contributed by atoms with Crippen LogP contribution in [0.4, 0.5) is 0 Å². The van der Waals surface area contributed by atoms with E-state index >= 15 is 0 Å². The first-order valence-electron chi connectivity index (χ1n) is 15.1. The van der Waals surface area contributed by atoms with Crippen molar-refractivity contribution in [3.63, 3.8) is 0 Å². The number of halogens is 3. The predicted molar refractivity (Wildman–Crippen MR) is 184 cm³/mol. The summed E-state index contributed by atoms with van der Waals surface area (Å²) in [5.74, 6) is -4.17. The molecule has 4 aromatic rings. The van der Waals surface area contributed by atoms with E-state index in [0.717, 1.165) is 0 Å². The van der Waals surface area contributed by atoms with E-state index in [1.165, 1.54) is 36.4 Å². The Bertz CT molecular complexity index is 1780. The number of aliphatic hydroxyl groups is 1. The van der Waals surface area contributed by atoms with Crippen LogP contribution in [0.25, 0.3) is 0 Å². The van der Waals surface area contributed by atoms with Crippen LogP contribution in [0.2, 0.25) is 0 Å². The summed E-state index contributed by atoms with van der Waals surface area (Å²) in [7, 11) is 0. The second-order valence-corrected chi connectivity index (χ2v) is 12.9. The molecule has 1 heterocycles. The van der Waals surface area contributed by atoms with Crippen molar-refractivity contribution >= 4 is 64.6 Å². The lowest BCUT2D eigenvalue weighted by atomic mass is 9.97. The second kappa shape index (κ2) is 18.3. The molecule has 1 saturated heterocycles. The maximum atomic E-state index is 13.3. The van der Waals surface area contributed by atoms with E-state index in [1.807, 2.05) is 0 Å². The number of carbonyl (C=O) groups excluding carboxylic acids is 5. The Balaban J connectivity index is 0.000000755. The van der Waals surface area contributed by atoms with Crippen molar-refractivity contribution in [1.29, 1.82) is 0 Å². The van der Waals surface area contributed by atoms with E-state index in [9.17, 15) is 29.1 Å². The van der Waals surface area contributed by atoms with Crippen LogP contribution in [-0.2, 0) is 28.5 Å². The van der Waals surface area contributed by atoms with E-state index in [0.29, 0.717) is 0 Å². The molecule has 51 heavy (non-hydrogen) atoms. The Morgan fingerprint density at radius 3 is 1.24 bits per heavy atom. The van der Waals surface area contributed by atoms with Crippen molar-refractivity contribution in [2.45, 2.75) is 34.5 Å². The standard InChI is InChI=1S/C34H28O10.C2H2Cl3NO/c35-30(22-13-5-1-6-14-22)40-21-26-27(42-31(36)23-15-7-2-8-16-23)28(43-32(37)24-17-9-3-10-18-24)29(34(39)41-26)44-33(38)25-19-11-4-12-20-25;3-2(4,5)1(6)7/h1-20,26-29,34,39H,21H2;(H2,6,7)/t26-,27-,28+,29-,34?;/m1./s1. The van der Waals surface area contributed by atoms with Gasteiger partial charge in [-0.05, 0) is 48.5 Å². The van der Waals surface area contributed by atoms with E-state index in [-0.39, 0.29) is 22.3 Å². The number of hydrogen-bond acceptors (Lipinski definition) is 11. The van der Waals surface area contributed by atoms with Crippen LogP contribution in [0.5, 0.6) is 0 Å². The van der Waals surface area contributed by atoms with Crippen LogP contribution < -0.4 is 5.73 Å². The lowest BCUT2D eigenvalue weighted by Crippen LogP contribution is -2.62. The van der Waals surface area contributed by atoms with Gasteiger partial charge < -0.3 is 34.5 Å². The predicted octanol–water partition coefficient (Wildman–Crippen LogP) is 5.08. The van der Waals surface area contributed by atoms with Gasteiger partial charge in [-0.25, -0.2) is 19.2 Å². The molecular formula is C36H30Cl3NO11. The van der Waals surface area contributed by atoms with Crippen molar-refractivity contribution in [2.24, 2.45) is 5.73 Å². The SMILES string of the molecule is NC(=O)C(Cl)(Cl)Cl.O=C(OC[C@H]1OC(O)[C@H](OC(=O)c2ccccc2)[C@@H](OC(=O)c2ccccc2)[C@@H]1OC(=O)c1ccccc1)c1ccccc1. The number of alkyl halides is 3. The highest BCUT2D eigenvalue weighted by molar-refractivity contribution is 6.76. The van der Waals surface area contributed by atoms with Gasteiger partial charge in [0.25, 0.3) is 9.70 Å². The zero-order chi connectivity index (χ0) is 37.0. The molecule has 1 amide bonds. The van der Waals surface area contributed by atoms with E-state index in [1.54, 1.807) is 84.9 Å². The molecule has 1 aliphatic rings. The minimum absolute atomic E-state index is 0.154. The van der Waals surface area contributed by atoms with Crippen molar-refractivity contribution in [2.75, 3.05) is 6.61 Å². The van der Waals surface area contributed by atoms with Crippen LogP contribution in [-0.4, -0.2) is 76.0 Å². The maximum Gasteiger partial charge on any atom is 0.338 e. The third-order valence-electron chi connectivity index (χ3n) is 7.03. The van der Waals surface area contributed by atoms with Gasteiger partial charge in [-0.3, -0.25) is 4.79 Å². The molecule has 1 unspecified atom stereocenters. The molecular weight excluding hydrogens is 729 g/mol. The normalized spacial score (nSPS) is 19.6. The Kier molecular flexibility index (Phi) is 13.9. The lowest BCUT2D eigenvalue weighted by molar-refractivity contribution is -0.284. The molecule has 5 atom stereocenters. The number of hydrogen-bond donors (Lipinski definition) is 2. The largest absolute Gasteiger partial charge is 0.459 e. The molecule has 0 saturated carbocycles. The van der Waals surface area contributed by atoms with Gasteiger partial charge in [0.1, 0.15) is 12.7 Å². The van der Waals surface area contributed by atoms with Gasteiger partial charge in [0.05, 0.1) is 22.3 Å². The van der Waals surface area contributed by atoms with Crippen LogP contribution in [0.3, 0.4) is 0 Å². The first kappa shape index (κ1) is 38.8. The number of rotatable bonds is 9. The number of carbonyl (C=O) groups is 5. The number of primary amides is 1. The molecule has 15 heteroatoms. The van der Waals surface area contributed by atoms with Gasteiger partial charge in [-0.1, -0.05) is 108 Å². The molecule has 0 radical (unpaired) electrons. The molecule has 0 aliphatic carbocycles. The van der Waals surface area contributed by atoms with Gasteiger partial charge in [-0.15, -0.1) is 0 Å². The molecule has 3 N–H and O–H groups in total. The van der Waals surface area contributed by atoms with Gasteiger partial charge in [0, 0.05) is 0 Å². The van der Waals surface area contributed by atoms with E-state index < -0.39 is 70.9 Å². The number of benzene rings is 4. The topological polar surface area (TPSA) is 178 Å². The van der Waals surface area contributed by atoms with Crippen LogP contribution >= 0.6 is 34.8 Å². The highest BCUT2D eigenvalue weighted by atomic mass is 35.6. The highest BCUT2D eigenvalue weighted by Crippen LogP contribution is 2.30. The minimum Gasteiger partial charge on any atom is -0.459 e. The molecule has 0 bridgehead atoms. The zero-order valence-electron chi connectivity index (χ0n) is 26.4. The first-order valence-corrected chi connectivity index (χ1v) is 16.2. The van der Waals surface area contributed by atoms with Gasteiger partial charge in [0.15, 0.2) is 24.6 Å². The molecule has 1 aliphatic heterocycles. The van der Waals surface area contributed by atoms with Crippen molar-refractivity contribution in [1.82, 2.24) is 0 Å². The molecule has 4 aromatic carbocycles. The van der Waals surface area contributed by atoms with E-state index in [4.69, 9.17) is 58.5 Å². The molecule has 1 fully saturated rings. The number of nitrogens with two attached hydrogens (primary N) is 1. The Hall–Kier alpha value is -4.98. The maximum absolute atomic E-state index is 13.3. The van der Waals surface area contributed by atoms with Crippen LogP contribution in [0, 0.1) is 0 Å². The fraction of sp³-hybridized carbons (Fsp3) is 0.194. The summed E-state index contributed by atoms with van der Waals surface area (Å²) in [5, 5.41) is 11.1. The van der Waals surface area contributed by atoms with Crippen molar-refractivity contribution in [3.05, 3.63) is 144 Å². The Morgan fingerprint density at radius 1 is 0.569 bits per heavy atom. The third-order valence-corrected chi connectivity index (χ3v) is 7.59. The summed E-state index contributed by atoms with van der Waals surface area (Å²) < 4.78 is 26.4. The first-order chi connectivity index (χ1) is 24.3. The number of aliphatic hydroxyl groups excluding tert-OH is 1. The summed E-state index contributed by atoms with van der Waals surface area (Å²) >= 11 is 14.8. The Morgan fingerprint density at radius 2 is 0.882 bits per heavy atom. The summed E-state index contributed by atoms with van der Waals surface area (Å²) in [4.78, 5) is 62.2. The van der Waals surface area contributed by atoms with Crippen LogP contribution in [0.15, 0.2) is 121 Å². The van der Waals surface area contributed by atoms with Crippen molar-refractivity contribution < 1.29 is 52.8 Å². The highest BCUT2D eigenvalue weighted by Gasteiger charge is 2.52. The summed E-state index contributed by atoms with van der Waals surface area (Å²) in [6.07, 6.45) is -7.89. The number of ether oxygens (including phenoxy) is 5. The Labute approximate surface area is 306 Å². The van der Waals surface area contributed by atoms with Crippen LogP contribution in [0.1, 0.15) is 41.4 Å². The van der Waals surface area contributed by atoms with Gasteiger partial charge >= 0.3 is 23.9 Å². The van der Waals surface area contributed by atoms with Crippen molar-refractivity contribution in [3.8, 4) is 0 Å².